The third kappa shape index (κ3) is 2.19. The summed E-state index contributed by atoms with van der Waals surface area (Å²) in [5.41, 5.74) is 0. The fourth-order valence-corrected chi connectivity index (χ4v) is 1.04. The standard InChI is InChI=1S/C7H7N2S/c1-2-5-10-7-3-4-8-9-6-7/h2-4H,1,5H2. The Morgan fingerprint density at radius 3 is 3.30 bits per heavy atom. The van der Waals surface area contributed by atoms with Crippen LogP contribution in [0.2, 0.25) is 0 Å². The van der Waals surface area contributed by atoms with Crippen LogP contribution in [0, 0.1) is 6.20 Å². The second-order valence-corrected chi connectivity index (χ2v) is 2.67. The van der Waals surface area contributed by atoms with E-state index in [4.69, 9.17) is 0 Å². The van der Waals surface area contributed by atoms with E-state index in [1.165, 1.54) is 0 Å². The Morgan fingerprint density at radius 1 is 1.80 bits per heavy atom. The number of nitrogens with zero attached hydrogens (tertiary/aromatic N) is 2. The van der Waals surface area contributed by atoms with Crippen molar-refractivity contribution >= 4 is 11.8 Å². The molecule has 0 aliphatic rings. The monoisotopic (exact) mass is 151 g/mol. The van der Waals surface area contributed by atoms with E-state index in [2.05, 4.69) is 23.0 Å². The number of hydrogen-bond donors (Lipinski definition) is 0. The van der Waals surface area contributed by atoms with Crippen LogP contribution >= 0.6 is 11.8 Å². The first kappa shape index (κ1) is 7.28. The molecule has 2 nitrogen and oxygen atoms in total. The van der Waals surface area contributed by atoms with Gasteiger partial charge in [-0.15, -0.1) is 23.4 Å². The normalized spacial score (nSPS) is 9.20. The van der Waals surface area contributed by atoms with Crippen molar-refractivity contribution in [1.29, 1.82) is 0 Å². The highest BCUT2D eigenvalue weighted by Gasteiger charge is 1.89. The highest BCUT2D eigenvalue weighted by atomic mass is 32.2. The van der Waals surface area contributed by atoms with Gasteiger partial charge in [0.05, 0.1) is 6.20 Å². The summed E-state index contributed by atoms with van der Waals surface area (Å²) in [5.74, 6) is 0.891. The van der Waals surface area contributed by atoms with E-state index < -0.39 is 0 Å². The molecule has 0 atom stereocenters. The SMILES string of the molecule is C=CCSc1[c]nncc1. The quantitative estimate of drug-likeness (QED) is 0.484. The van der Waals surface area contributed by atoms with E-state index in [1.807, 2.05) is 12.1 Å². The summed E-state index contributed by atoms with van der Waals surface area (Å²) in [6, 6.07) is 1.88. The van der Waals surface area contributed by atoms with Crippen molar-refractivity contribution < 1.29 is 0 Å². The van der Waals surface area contributed by atoms with E-state index >= 15 is 0 Å². The zero-order chi connectivity index (χ0) is 7.23. The van der Waals surface area contributed by atoms with Gasteiger partial charge >= 0.3 is 0 Å². The molecule has 0 fully saturated rings. The predicted molar refractivity (Wildman–Crippen MR) is 41.8 cm³/mol. The molecule has 1 aromatic heterocycles. The number of thioether (sulfide) groups is 1. The molecule has 1 heterocycles. The molecule has 0 aliphatic heterocycles. The lowest BCUT2D eigenvalue weighted by molar-refractivity contribution is 0.987. The molecule has 0 spiro atoms. The minimum atomic E-state index is 0.891. The van der Waals surface area contributed by atoms with Crippen molar-refractivity contribution in [3.63, 3.8) is 0 Å². The van der Waals surface area contributed by atoms with Crippen molar-refractivity contribution in [3.8, 4) is 0 Å². The van der Waals surface area contributed by atoms with Crippen LogP contribution in [0.15, 0.2) is 29.8 Å². The summed E-state index contributed by atoms with van der Waals surface area (Å²) < 4.78 is 0. The summed E-state index contributed by atoms with van der Waals surface area (Å²) in [7, 11) is 0. The Bertz CT molecular complexity index is 198. The zero-order valence-electron chi connectivity index (χ0n) is 5.45. The minimum Gasteiger partial charge on any atom is -0.158 e. The number of rotatable bonds is 3. The Balaban J connectivity index is 2.50. The summed E-state index contributed by atoms with van der Waals surface area (Å²) >= 11 is 1.64. The summed E-state index contributed by atoms with van der Waals surface area (Å²) in [6.45, 7) is 3.60. The largest absolute Gasteiger partial charge is 0.158 e. The zero-order valence-corrected chi connectivity index (χ0v) is 6.27. The van der Waals surface area contributed by atoms with Crippen molar-refractivity contribution in [2.24, 2.45) is 0 Å². The fourth-order valence-electron chi connectivity index (χ4n) is 0.479. The van der Waals surface area contributed by atoms with Crippen molar-refractivity contribution in [3.05, 3.63) is 31.1 Å². The Hall–Kier alpha value is -0.830. The highest BCUT2D eigenvalue weighted by molar-refractivity contribution is 7.99. The van der Waals surface area contributed by atoms with Gasteiger partial charge in [0.15, 0.2) is 0 Å². The van der Waals surface area contributed by atoms with Crippen LogP contribution in [0.3, 0.4) is 0 Å². The lowest BCUT2D eigenvalue weighted by atomic mass is 10.6. The third-order valence-electron chi connectivity index (χ3n) is 0.867. The average molecular weight is 151 g/mol. The first-order valence-electron chi connectivity index (χ1n) is 2.86. The van der Waals surface area contributed by atoms with Gasteiger partial charge in [-0.25, -0.2) is 0 Å². The van der Waals surface area contributed by atoms with E-state index in [9.17, 15) is 0 Å². The van der Waals surface area contributed by atoms with Crippen LogP contribution < -0.4 is 0 Å². The lowest BCUT2D eigenvalue weighted by Crippen LogP contribution is -1.79. The van der Waals surface area contributed by atoms with Crippen LogP contribution in [0.25, 0.3) is 0 Å². The lowest BCUT2D eigenvalue weighted by Gasteiger charge is -1.92. The van der Waals surface area contributed by atoms with E-state index in [0.717, 1.165) is 10.6 Å². The van der Waals surface area contributed by atoms with Gasteiger partial charge in [0, 0.05) is 10.6 Å². The smallest absolute Gasteiger partial charge is 0.128 e. The molecule has 0 bridgehead atoms. The Labute approximate surface area is 64.4 Å². The van der Waals surface area contributed by atoms with Crippen molar-refractivity contribution in [1.82, 2.24) is 10.2 Å². The molecule has 1 radical (unpaired) electrons. The number of aromatic nitrogens is 2. The van der Waals surface area contributed by atoms with E-state index in [0.29, 0.717) is 0 Å². The van der Waals surface area contributed by atoms with Crippen molar-refractivity contribution in [2.45, 2.75) is 4.90 Å². The molecule has 0 N–H and O–H groups in total. The van der Waals surface area contributed by atoms with E-state index in [1.54, 1.807) is 18.0 Å². The molecular formula is C7H7N2S. The number of hydrogen-bond acceptors (Lipinski definition) is 3. The average Bonchev–Trinajstić information content (AvgIpc) is 2.03. The Morgan fingerprint density at radius 2 is 2.70 bits per heavy atom. The fraction of sp³-hybridized carbons (Fsp3) is 0.143. The van der Waals surface area contributed by atoms with Gasteiger partial charge in [0.2, 0.25) is 0 Å². The summed E-state index contributed by atoms with van der Waals surface area (Å²) in [6.07, 6.45) is 6.26. The maximum absolute atomic E-state index is 3.61. The molecule has 0 amide bonds. The maximum Gasteiger partial charge on any atom is 0.128 e. The molecule has 51 valence electrons. The van der Waals surface area contributed by atoms with Crippen LogP contribution in [0.4, 0.5) is 0 Å². The second kappa shape index (κ2) is 4.06. The van der Waals surface area contributed by atoms with Crippen molar-refractivity contribution in [2.75, 3.05) is 5.75 Å². The molecule has 0 unspecified atom stereocenters. The minimum absolute atomic E-state index is 0.891. The summed E-state index contributed by atoms with van der Waals surface area (Å²) in [5, 5.41) is 7.22. The molecule has 0 aliphatic carbocycles. The van der Waals surface area contributed by atoms with Gasteiger partial charge in [-0.2, -0.15) is 5.10 Å². The highest BCUT2D eigenvalue weighted by Crippen LogP contribution is 2.13. The van der Waals surface area contributed by atoms with Gasteiger partial charge < -0.3 is 0 Å². The third-order valence-corrected chi connectivity index (χ3v) is 1.81. The van der Waals surface area contributed by atoms with Gasteiger partial charge in [0.1, 0.15) is 6.20 Å². The van der Waals surface area contributed by atoms with E-state index in [-0.39, 0.29) is 0 Å². The predicted octanol–water partition coefficient (Wildman–Crippen LogP) is 1.55. The van der Waals surface area contributed by atoms with Gasteiger partial charge in [-0.1, -0.05) is 6.08 Å². The van der Waals surface area contributed by atoms with Gasteiger partial charge in [-0.05, 0) is 6.07 Å². The van der Waals surface area contributed by atoms with Gasteiger partial charge in [0.25, 0.3) is 0 Å². The molecule has 0 saturated carbocycles. The first-order chi connectivity index (χ1) is 4.93. The maximum atomic E-state index is 3.61. The van der Waals surface area contributed by atoms with Crippen LogP contribution in [0.1, 0.15) is 0 Å². The molecule has 1 aromatic rings. The first-order valence-corrected chi connectivity index (χ1v) is 3.85. The van der Waals surface area contributed by atoms with Gasteiger partial charge in [-0.3, -0.25) is 0 Å². The molecule has 0 saturated heterocycles. The Kier molecular flexibility index (Phi) is 2.96. The molecule has 10 heavy (non-hydrogen) atoms. The van der Waals surface area contributed by atoms with Crippen LogP contribution in [-0.2, 0) is 0 Å². The van der Waals surface area contributed by atoms with Crippen LogP contribution in [-0.4, -0.2) is 16.0 Å². The summed E-state index contributed by atoms with van der Waals surface area (Å²) in [4.78, 5) is 1.01. The molecule has 3 heteroatoms. The van der Waals surface area contributed by atoms with Crippen LogP contribution in [0.5, 0.6) is 0 Å². The molecule has 0 aromatic carbocycles. The molecule has 1 rings (SSSR count). The topological polar surface area (TPSA) is 25.8 Å². The second-order valence-electron chi connectivity index (χ2n) is 1.61. The molecular weight excluding hydrogens is 144 g/mol.